The van der Waals surface area contributed by atoms with Crippen LogP contribution in [0.15, 0.2) is 72.8 Å². The minimum absolute atomic E-state index is 0.105. The number of aryl methyl sites for hydroxylation is 1. The predicted molar refractivity (Wildman–Crippen MR) is 109 cm³/mol. The Balaban J connectivity index is 1.49. The molecule has 1 amide bonds. The number of anilines is 1. The van der Waals surface area contributed by atoms with Crippen molar-refractivity contribution in [3.8, 4) is 17.2 Å². The monoisotopic (exact) mass is 377 g/mol. The summed E-state index contributed by atoms with van der Waals surface area (Å²) in [4.78, 5) is 12.1. The molecular weight excluding hydrogens is 354 g/mol. The molecule has 0 spiro atoms. The quantitative estimate of drug-likeness (QED) is 0.623. The third kappa shape index (κ3) is 5.51. The molecule has 3 rings (SSSR count). The molecule has 3 aromatic carbocycles. The fourth-order valence-corrected chi connectivity index (χ4v) is 2.61. The lowest BCUT2D eigenvalue weighted by Crippen LogP contribution is -2.20. The Hall–Kier alpha value is -3.47. The Labute approximate surface area is 164 Å². The van der Waals surface area contributed by atoms with Gasteiger partial charge in [-0.3, -0.25) is 4.79 Å². The van der Waals surface area contributed by atoms with E-state index < -0.39 is 0 Å². The largest absolute Gasteiger partial charge is 0.493 e. The first-order chi connectivity index (χ1) is 13.6. The van der Waals surface area contributed by atoms with Crippen LogP contribution in [0, 0.1) is 6.92 Å². The predicted octanol–water partition coefficient (Wildman–Crippen LogP) is 4.60. The smallest absolute Gasteiger partial charge is 0.262 e. The molecule has 0 radical (unpaired) electrons. The lowest BCUT2D eigenvalue weighted by Gasteiger charge is -2.12. The summed E-state index contributed by atoms with van der Waals surface area (Å²) in [5.41, 5.74) is 2.84. The van der Waals surface area contributed by atoms with E-state index in [4.69, 9.17) is 14.2 Å². The van der Waals surface area contributed by atoms with Gasteiger partial charge in [0.15, 0.2) is 18.1 Å². The number of hydrogen-bond donors (Lipinski definition) is 1. The first-order valence-electron chi connectivity index (χ1n) is 8.98. The van der Waals surface area contributed by atoms with E-state index in [0.29, 0.717) is 23.8 Å². The maximum atomic E-state index is 12.1. The van der Waals surface area contributed by atoms with Crippen LogP contribution in [0.5, 0.6) is 17.2 Å². The van der Waals surface area contributed by atoms with Crippen LogP contribution in [0.4, 0.5) is 5.69 Å². The zero-order chi connectivity index (χ0) is 19.8. The second-order valence-electron chi connectivity index (χ2n) is 6.29. The van der Waals surface area contributed by atoms with Crippen molar-refractivity contribution in [3.05, 3.63) is 83.9 Å². The number of amides is 1. The van der Waals surface area contributed by atoms with Gasteiger partial charge in [0, 0.05) is 5.69 Å². The second-order valence-corrected chi connectivity index (χ2v) is 6.29. The molecule has 0 atom stereocenters. The number of benzene rings is 3. The van der Waals surface area contributed by atoms with Gasteiger partial charge >= 0.3 is 0 Å². The van der Waals surface area contributed by atoms with Crippen LogP contribution in [0.1, 0.15) is 11.1 Å². The van der Waals surface area contributed by atoms with Crippen molar-refractivity contribution >= 4 is 11.6 Å². The lowest BCUT2D eigenvalue weighted by atomic mass is 10.2. The topological polar surface area (TPSA) is 56.8 Å². The van der Waals surface area contributed by atoms with E-state index >= 15 is 0 Å². The number of nitrogens with one attached hydrogen (secondary N) is 1. The molecule has 0 saturated carbocycles. The van der Waals surface area contributed by atoms with Crippen LogP contribution in [-0.2, 0) is 11.4 Å². The van der Waals surface area contributed by atoms with E-state index in [-0.39, 0.29) is 12.5 Å². The van der Waals surface area contributed by atoms with E-state index in [9.17, 15) is 4.79 Å². The third-order valence-electron chi connectivity index (χ3n) is 4.06. The Morgan fingerprint density at radius 2 is 1.64 bits per heavy atom. The second kappa shape index (κ2) is 9.46. The van der Waals surface area contributed by atoms with Crippen molar-refractivity contribution in [1.82, 2.24) is 0 Å². The number of hydrogen-bond acceptors (Lipinski definition) is 4. The van der Waals surface area contributed by atoms with Crippen LogP contribution >= 0.6 is 0 Å². The summed E-state index contributed by atoms with van der Waals surface area (Å²) in [5, 5.41) is 2.80. The van der Waals surface area contributed by atoms with Gasteiger partial charge in [0.2, 0.25) is 0 Å². The maximum Gasteiger partial charge on any atom is 0.262 e. The van der Waals surface area contributed by atoms with Gasteiger partial charge in [0.1, 0.15) is 12.4 Å². The van der Waals surface area contributed by atoms with E-state index in [1.807, 2.05) is 61.5 Å². The highest BCUT2D eigenvalue weighted by Crippen LogP contribution is 2.27. The Morgan fingerprint density at radius 1 is 0.893 bits per heavy atom. The molecule has 0 heterocycles. The van der Waals surface area contributed by atoms with Gasteiger partial charge < -0.3 is 19.5 Å². The first kappa shape index (κ1) is 19.3. The van der Waals surface area contributed by atoms with Gasteiger partial charge in [-0.05, 0) is 54.4 Å². The lowest BCUT2D eigenvalue weighted by molar-refractivity contribution is -0.118. The molecule has 0 aliphatic rings. The standard InChI is InChI=1S/C23H23NO4/c1-17-8-13-21(22(14-17)26-2)28-16-23(25)24-19-9-11-20(12-10-19)27-15-18-6-4-3-5-7-18/h3-14H,15-16H2,1-2H3,(H,24,25). The molecule has 0 saturated heterocycles. The summed E-state index contributed by atoms with van der Waals surface area (Å²) in [6.45, 7) is 2.36. The number of rotatable bonds is 8. The highest BCUT2D eigenvalue weighted by Gasteiger charge is 2.08. The van der Waals surface area contributed by atoms with Gasteiger partial charge in [-0.25, -0.2) is 0 Å². The summed E-state index contributed by atoms with van der Waals surface area (Å²) in [7, 11) is 1.57. The summed E-state index contributed by atoms with van der Waals surface area (Å²) < 4.78 is 16.6. The average Bonchev–Trinajstić information content (AvgIpc) is 2.73. The van der Waals surface area contributed by atoms with Crippen molar-refractivity contribution < 1.29 is 19.0 Å². The Bertz CT molecular complexity index is 908. The van der Waals surface area contributed by atoms with Crippen molar-refractivity contribution in [2.75, 3.05) is 19.0 Å². The molecule has 0 aliphatic carbocycles. The maximum absolute atomic E-state index is 12.1. The number of carbonyl (C=O) groups is 1. The highest BCUT2D eigenvalue weighted by molar-refractivity contribution is 5.91. The SMILES string of the molecule is COc1cc(C)ccc1OCC(=O)Nc1ccc(OCc2ccccc2)cc1. The van der Waals surface area contributed by atoms with Crippen LogP contribution in [0.2, 0.25) is 0 Å². The molecule has 3 aromatic rings. The summed E-state index contributed by atoms with van der Waals surface area (Å²) in [6.07, 6.45) is 0. The van der Waals surface area contributed by atoms with Gasteiger partial charge in [0.25, 0.3) is 5.91 Å². The third-order valence-corrected chi connectivity index (χ3v) is 4.06. The molecule has 0 aliphatic heterocycles. The van der Waals surface area contributed by atoms with Gasteiger partial charge in [-0.1, -0.05) is 36.4 Å². The Morgan fingerprint density at radius 3 is 2.36 bits per heavy atom. The minimum atomic E-state index is -0.249. The minimum Gasteiger partial charge on any atom is -0.493 e. The number of ether oxygens (including phenoxy) is 3. The summed E-state index contributed by atoms with van der Waals surface area (Å²) in [6, 6.07) is 22.7. The van der Waals surface area contributed by atoms with Crippen LogP contribution in [0.3, 0.4) is 0 Å². The molecular formula is C23H23NO4. The highest BCUT2D eigenvalue weighted by atomic mass is 16.5. The molecule has 5 nitrogen and oxygen atoms in total. The molecule has 28 heavy (non-hydrogen) atoms. The van der Waals surface area contributed by atoms with Crippen molar-refractivity contribution in [2.24, 2.45) is 0 Å². The molecule has 5 heteroatoms. The number of methoxy groups -OCH3 is 1. The van der Waals surface area contributed by atoms with Crippen LogP contribution in [-0.4, -0.2) is 19.6 Å². The average molecular weight is 377 g/mol. The molecule has 0 aromatic heterocycles. The van der Waals surface area contributed by atoms with Crippen LogP contribution < -0.4 is 19.5 Å². The summed E-state index contributed by atoms with van der Waals surface area (Å²) in [5.74, 6) is 1.63. The van der Waals surface area contributed by atoms with E-state index in [1.165, 1.54) is 0 Å². The van der Waals surface area contributed by atoms with E-state index in [2.05, 4.69) is 5.32 Å². The van der Waals surface area contributed by atoms with Crippen LogP contribution in [0.25, 0.3) is 0 Å². The summed E-state index contributed by atoms with van der Waals surface area (Å²) >= 11 is 0. The van der Waals surface area contributed by atoms with Gasteiger partial charge in [-0.15, -0.1) is 0 Å². The molecule has 144 valence electrons. The normalized spacial score (nSPS) is 10.2. The zero-order valence-corrected chi connectivity index (χ0v) is 16.0. The van der Waals surface area contributed by atoms with Gasteiger partial charge in [-0.2, -0.15) is 0 Å². The first-order valence-corrected chi connectivity index (χ1v) is 8.98. The zero-order valence-electron chi connectivity index (χ0n) is 16.0. The van der Waals surface area contributed by atoms with E-state index in [0.717, 1.165) is 16.9 Å². The Kier molecular flexibility index (Phi) is 6.52. The van der Waals surface area contributed by atoms with E-state index in [1.54, 1.807) is 25.3 Å². The molecule has 1 N–H and O–H groups in total. The fraction of sp³-hybridized carbons (Fsp3) is 0.174. The number of carbonyl (C=O) groups excluding carboxylic acids is 1. The molecule has 0 bridgehead atoms. The molecule has 0 fully saturated rings. The van der Waals surface area contributed by atoms with Crippen molar-refractivity contribution in [1.29, 1.82) is 0 Å². The molecule has 0 unspecified atom stereocenters. The van der Waals surface area contributed by atoms with Crippen molar-refractivity contribution in [3.63, 3.8) is 0 Å². The fourth-order valence-electron chi connectivity index (χ4n) is 2.61. The van der Waals surface area contributed by atoms with Gasteiger partial charge in [0.05, 0.1) is 7.11 Å². The van der Waals surface area contributed by atoms with Crippen molar-refractivity contribution in [2.45, 2.75) is 13.5 Å².